The molecule has 0 aromatic carbocycles. The third kappa shape index (κ3) is 6.11. The fourth-order valence-corrected chi connectivity index (χ4v) is 5.59. The van der Waals surface area contributed by atoms with E-state index in [1.807, 2.05) is 18.5 Å². The van der Waals surface area contributed by atoms with Crippen LogP contribution in [-0.2, 0) is 4.79 Å². The van der Waals surface area contributed by atoms with Gasteiger partial charge >= 0.3 is 5.97 Å². The van der Waals surface area contributed by atoms with Gasteiger partial charge in [-0.3, -0.25) is 4.79 Å². The summed E-state index contributed by atoms with van der Waals surface area (Å²) in [5.41, 5.74) is 0.683. The lowest BCUT2D eigenvalue weighted by atomic mass is 9.78. The summed E-state index contributed by atoms with van der Waals surface area (Å²) in [6, 6.07) is 1.72. The number of rotatable bonds is 4. The van der Waals surface area contributed by atoms with Gasteiger partial charge in [0.25, 0.3) is 0 Å². The summed E-state index contributed by atoms with van der Waals surface area (Å²) < 4.78 is 0. The zero-order chi connectivity index (χ0) is 22.8. The van der Waals surface area contributed by atoms with Gasteiger partial charge in [0.2, 0.25) is 5.91 Å². The smallest absolute Gasteiger partial charge is 0.346 e. The number of amides is 1. The summed E-state index contributed by atoms with van der Waals surface area (Å²) in [6.07, 6.45) is 4.05. The number of carboxylic acids is 1. The van der Waals surface area contributed by atoms with Crippen LogP contribution in [0.4, 0.5) is 0 Å². The van der Waals surface area contributed by atoms with E-state index < -0.39 is 5.97 Å². The number of nitrogens with one attached hydrogen (secondary N) is 1. The van der Waals surface area contributed by atoms with Crippen LogP contribution in [-0.4, -0.2) is 48.1 Å². The van der Waals surface area contributed by atoms with Crippen molar-refractivity contribution in [2.24, 2.45) is 23.2 Å². The molecule has 31 heavy (non-hydrogen) atoms. The highest BCUT2D eigenvalue weighted by atomic mass is 32.1. The first-order valence-corrected chi connectivity index (χ1v) is 12.3. The second-order valence-electron chi connectivity index (χ2n) is 10.5. The number of nitrogens with zero attached hydrogens (tertiary/aromatic N) is 1. The number of piperidine rings is 1. The lowest BCUT2D eigenvalue weighted by molar-refractivity contribution is -0.127. The predicted molar refractivity (Wildman–Crippen MR) is 125 cm³/mol. The van der Waals surface area contributed by atoms with Crippen LogP contribution in [0.2, 0.25) is 0 Å². The first-order valence-electron chi connectivity index (χ1n) is 11.4. The largest absolute Gasteiger partial charge is 0.477 e. The maximum atomic E-state index is 13.2. The van der Waals surface area contributed by atoms with Gasteiger partial charge in [0.15, 0.2) is 0 Å². The molecule has 6 heteroatoms. The fourth-order valence-electron chi connectivity index (χ4n) is 4.78. The molecule has 2 fully saturated rings. The normalized spacial score (nSPS) is 29.6. The van der Waals surface area contributed by atoms with Gasteiger partial charge in [-0.2, -0.15) is 0 Å². The SMILES string of the molecule is CN1CC(C#CC(C)(C)C)C(NC(=O)[C@H]2CC[C@H](C)CC2)C(c2ccsc2C(=O)O)C1. The monoisotopic (exact) mass is 444 g/mol. The summed E-state index contributed by atoms with van der Waals surface area (Å²) in [6.45, 7) is 9.98. The van der Waals surface area contributed by atoms with Gasteiger partial charge in [0.05, 0.1) is 12.0 Å². The van der Waals surface area contributed by atoms with E-state index in [2.05, 4.69) is 49.8 Å². The van der Waals surface area contributed by atoms with Crippen molar-refractivity contribution >= 4 is 23.2 Å². The van der Waals surface area contributed by atoms with Crippen molar-refractivity contribution in [3.8, 4) is 11.8 Å². The average molecular weight is 445 g/mol. The molecule has 1 aromatic heterocycles. The fraction of sp³-hybridized carbons (Fsp3) is 0.680. The van der Waals surface area contributed by atoms with Crippen LogP contribution in [0.25, 0.3) is 0 Å². The number of likely N-dealkylation sites (tertiary alicyclic amines) is 1. The number of aromatic carboxylic acids is 1. The first kappa shape index (κ1) is 23.8. The highest BCUT2D eigenvalue weighted by Gasteiger charge is 2.40. The van der Waals surface area contributed by atoms with Crippen molar-refractivity contribution in [2.45, 2.75) is 65.3 Å². The topological polar surface area (TPSA) is 69.6 Å². The molecule has 2 heterocycles. The van der Waals surface area contributed by atoms with Crippen molar-refractivity contribution in [1.82, 2.24) is 10.2 Å². The summed E-state index contributed by atoms with van der Waals surface area (Å²) in [5.74, 6) is 6.62. The van der Waals surface area contributed by atoms with Crippen LogP contribution >= 0.6 is 11.3 Å². The van der Waals surface area contributed by atoms with Crippen molar-refractivity contribution in [3.05, 3.63) is 21.9 Å². The summed E-state index contributed by atoms with van der Waals surface area (Å²) >= 11 is 1.25. The Morgan fingerprint density at radius 2 is 1.87 bits per heavy atom. The average Bonchev–Trinajstić information content (AvgIpc) is 3.17. The van der Waals surface area contributed by atoms with Gasteiger partial charge in [0.1, 0.15) is 4.88 Å². The Kier molecular flexibility index (Phi) is 7.49. The van der Waals surface area contributed by atoms with Crippen LogP contribution in [0.15, 0.2) is 11.4 Å². The van der Waals surface area contributed by atoms with Crippen molar-refractivity contribution in [2.75, 3.05) is 20.1 Å². The van der Waals surface area contributed by atoms with E-state index >= 15 is 0 Å². The summed E-state index contributed by atoms with van der Waals surface area (Å²) in [5, 5.41) is 14.9. The molecule has 0 bridgehead atoms. The van der Waals surface area contributed by atoms with Crippen LogP contribution in [0.1, 0.15) is 74.5 Å². The van der Waals surface area contributed by atoms with Crippen LogP contribution in [0.3, 0.4) is 0 Å². The minimum Gasteiger partial charge on any atom is -0.477 e. The molecule has 0 radical (unpaired) electrons. The number of hydrogen-bond acceptors (Lipinski definition) is 4. The third-order valence-corrected chi connectivity index (χ3v) is 7.42. The highest BCUT2D eigenvalue weighted by Crippen LogP contribution is 2.36. The second kappa shape index (κ2) is 9.75. The third-order valence-electron chi connectivity index (χ3n) is 6.50. The van der Waals surface area contributed by atoms with E-state index in [-0.39, 0.29) is 35.1 Å². The molecule has 1 aliphatic carbocycles. The van der Waals surface area contributed by atoms with E-state index in [0.29, 0.717) is 17.3 Å². The Morgan fingerprint density at radius 3 is 2.48 bits per heavy atom. The molecule has 1 aromatic rings. The molecule has 1 saturated heterocycles. The molecule has 1 aliphatic heterocycles. The second-order valence-corrected chi connectivity index (χ2v) is 11.4. The van der Waals surface area contributed by atoms with E-state index in [0.717, 1.165) is 37.8 Å². The van der Waals surface area contributed by atoms with E-state index in [1.54, 1.807) is 0 Å². The zero-order valence-corrected chi connectivity index (χ0v) is 20.2. The van der Waals surface area contributed by atoms with Gasteiger partial charge in [0, 0.05) is 30.3 Å². The van der Waals surface area contributed by atoms with Crippen LogP contribution in [0, 0.1) is 35.0 Å². The van der Waals surface area contributed by atoms with Gasteiger partial charge < -0.3 is 15.3 Å². The Bertz CT molecular complexity index is 852. The molecular weight excluding hydrogens is 408 g/mol. The van der Waals surface area contributed by atoms with Crippen LogP contribution in [0.5, 0.6) is 0 Å². The molecule has 2 N–H and O–H groups in total. The highest BCUT2D eigenvalue weighted by molar-refractivity contribution is 7.12. The minimum absolute atomic E-state index is 0.0454. The first-order chi connectivity index (χ1) is 14.5. The van der Waals surface area contributed by atoms with Crippen LogP contribution < -0.4 is 5.32 Å². The number of carbonyl (C=O) groups is 2. The Balaban J connectivity index is 1.92. The lowest BCUT2D eigenvalue weighted by Gasteiger charge is -2.42. The van der Waals surface area contributed by atoms with Crippen molar-refractivity contribution in [3.63, 3.8) is 0 Å². The Labute approximate surface area is 190 Å². The predicted octanol–water partition coefficient (Wildman–Crippen LogP) is 4.45. The van der Waals surface area contributed by atoms with Crippen molar-refractivity contribution < 1.29 is 14.7 Å². The molecule has 1 amide bonds. The maximum absolute atomic E-state index is 13.2. The quantitative estimate of drug-likeness (QED) is 0.673. The van der Waals surface area contributed by atoms with Gasteiger partial charge in [-0.25, -0.2) is 4.79 Å². The van der Waals surface area contributed by atoms with E-state index in [9.17, 15) is 14.7 Å². The molecule has 3 unspecified atom stereocenters. The number of likely N-dealkylation sites (N-methyl/N-ethyl adjacent to an activating group) is 1. The number of hydrogen-bond donors (Lipinski definition) is 2. The molecule has 0 spiro atoms. The minimum atomic E-state index is -0.901. The lowest BCUT2D eigenvalue weighted by Crippen LogP contribution is -2.55. The standard InChI is InChI=1S/C25H36N2O3S/c1-16-6-8-17(9-7-16)23(28)26-21-18(10-12-25(2,3)4)14-27(5)15-20(21)19-11-13-31-22(19)24(29)30/h11,13,16-18,20-21H,6-9,14-15H2,1-5H3,(H,26,28)(H,29,30)/t16-,17-,18?,20?,21?. The summed E-state index contributed by atoms with van der Waals surface area (Å²) in [4.78, 5) is 27.7. The molecule has 2 aliphatic rings. The Morgan fingerprint density at radius 1 is 1.19 bits per heavy atom. The Hall–Kier alpha value is -1.84. The number of carbonyl (C=O) groups excluding carboxylic acids is 1. The summed E-state index contributed by atoms with van der Waals surface area (Å²) in [7, 11) is 2.05. The van der Waals surface area contributed by atoms with E-state index in [4.69, 9.17) is 0 Å². The van der Waals surface area contributed by atoms with Gasteiger partial charge in [-0.15, -0.1) is 11.3 Å². The molecule has 1 saturated carbocycles. The zero-order valence-electron chi connectivity index (χ0n) is 19.4. The molecule has 170 valence electrons. The molecule has 3 atom stereocenters. The molecule has 3 rings (SSSR count). The number of thiophene rings is 1. The molecule has 5 nitrogen and oxygen atoms in total. The maximum Gasteiger partial charge on any atom is 0.346 e. The van der Waals surface area contributed by atoms with Gasteiger partial charge in [-0.1, -0.05) is 18.8 Å². The van der Waals surface area contributed by atoms with E-state index in [1.165, 1.54) is 11.3 Å². The number of carboxylic acid groups (broad SMARTS) is 1. The molecular formula is C25H36N2O3S. The van der Waals surface area contributed by atoms with Gasteiger partial charge in [-0.05, 0) is 76.4 Å². The van der Waals surface area contributed by atoms with Crippen molar-refractivity contribution in [1.29, 1.82) is 0 Å².